The van der Waals surface area contributed by atoms with Gasteiger partial charge in [-0.3, -0.25) is 0 Å². The number of fused-ring (bicyclic) bond motifs is 6. The number of para-hydroxylation sites is 5. The lowest BCUT2D eigenvalue weighted by Gasteiger charge is -2.26. The van der Waals surface area contributed by atoms with Crippen LogP contribution in [0, 0.1) is 0 Å². The Labute approximate surface area is 302 Å². The van der Waals surface area contributed by atoms with E-state index in [1.165, 1.54) is 0 Å². The van der Waals surface area contributed by atoms with Gasteiger partial charge in [0.25, 0.3) is 0 Å². The van der Waals surface area contributed by atoms with E-state index >= 15 is 0 Å². The Morgan fingerprint density at radius 3 is 1.38 bits per heavy atom. The monoisotopic (exact) mass is 671 g/mol. The van der Waals surface area contributed by atoms with E-state index in [0.29, 0.717) is 0 Å². The van der Waals surface area contributed by atoms with Crippen molar-refractivity contribution in [2.45, 2.75) is 0 Å². The van der Waals surface area contributed by atoms with Crippen LogP contribution < -0.4 is 9.80 Å². The molecule has 248 valence electrons. The summed E-state index contributed by atoms with van der Waals surface area (Å²) >= 11 is 0. The van der Waals surface area contributed by atoms with Crippen molar-refractivity contribution >= 4 is 78.0 Å². The third-order valence-electron chi connectivity index (χ3n) is 9.80. The number of hydrogen-bond acceptors (Lipinski definition) is 4. The second-order valence-corrected chi connectivity index (χ2v) is 13.0. The average molecular weight is 672 g/mol. The fourth-order valence-electron chi connectivity index (χ4n) is 7.43. The van der Waals surface area contributed by atoms with E-state index in [-0.39, 0.29) is 1.43 Å². The molecule has 0 saturated carbocycles. The molecule has 0 bridgehead atoms. The standard InChI is InChI=1S/C48H32N2O2.H2/c1-5-15-34(16-6-1)49(35-17-7-2-8-18-35)38-26-28-47-43(30-38)44-32-39(50(36-19-9-3-10-20-36)37-21-11-4-12-22-37)31-41(48(44)52-47)33-25-27-46-42(29-33)40-23-13-14-24-45(40)51-46;/h1-32H;1H/i;1+1. The summed E-state index contributed by atoms with van der Waals surface area (Å²) < 4.78 is 13.1. The number of rotatable bonds is 7. The Morgan fingerprint density at radius 1 is 0.308 bits per heavy atom. The highest BCUT2D eigenvalue weighted by molar-refractivity contribution is 6.14. The van der Waals surface area contributed by atoms with Gasteiger partial charge in [-0.15, -0.1) is 0 Å². The quantitative estimate of drug-likeness (QED) is 0.169. The van der Waals surface area contributed by atoms with E-state index in [4.69, 9.17) is 8.83 Å². The molecule has 0 amide bonds. The zero-order valence-electron chi connectivity index (χ0n) is 28.2. The molecule has 0 saturated heterocycles. The SMILES string of the molecule is [2HH].c1ccc(N(c2ccccc2)c2ccc3oc4c(-c5ccc6oc7ccccc7c6c5)cc(N(c5ccccc5)c5ccccc5)cc4c3c2)cc1. The Balaban J connectivity index is 0.00000372. The van der Waals surface area contributed by atoms with Crippen LogP contribution in [-0.4, -0.2) is 0 Å². The van der Waals surface area contributed by atoms with E-state index < -0.39 is 0 Å². The van der Waals surface area contributed by atoms with Crippen LogP contribution in [0.3, 0.4) is 0 Å². The smallest absolute Gasteiger partial charge is 0.143 e. The Kier molecular flexibility index (Phi) is 7.10. The molecular formula is C48H34N2O2. The molecule has 8 aromatic carbocycles. The number of anilines is 6. The van der Waals surface area contributed by atoms with Crippen LogP contribution in [0.4, 0.5) is 34.1 Å². The first-order valence-corrected chi connectivity index (χ1v) is 17.5. The van der Waals surface area contributed by atoms with Crippen LogP contribution in [0.5, 0.6) is 0 Å². The molecule has 10 rings (SSSR count). The maximum absolute atomic E-state index is 6.85. The van der Waals surface area contributed by atoms with Gasteiger partial charge in [0.2, 0.25) is 0 Å². The van der Waals surface area contributed by atoms with E-state index in [2.05, 4.69) is 192 Å². The first kappa shape index (κ1) is 29.8. The molecule has 0 aliphatic carbocycles. The highest BCUT2D eigenvalue weighted by atomic mass is 16.3. The molecule has 0 spiro atoms. The summed E-state index contributed by atoms with van der Waals surface area (Å²) in [4.78, 5) is 4.61. The maximum atomic E-state index is 6.85. The van der Waals surface area contributed by atoms with Gasteiger partial charge < -0.3 is 18.6 Å². The van der Waals surface area contributed by atoms with Crippen LogP contribution in [0.2, 0.25) is 0 Å². The van der Waals surface area contributed by atoms with Crippen LogP contribution in [0.1, 0.15) is 1.43 Å². The number of furan rings is 2. The van der Waals surface area contributed by atoms with Crippen LogP contribution in [-0.2, 0) is 0 Å². The second-order valence-electron chi connectivity index (χ2n) is 13.0. The molecule has 0 unspecified atom stereocenters. The van der Waals surface area contributed by atoms with Crippen molar-refractivity contribution in [3.63, 3.8) is 0 Å². The van der Waals surface area contributed by atoms with Crippen molar-refractivity contribution in [3.8, 4) is 11.1 Å². The third-order valence-corrected chi connectivity index (χ3v) is 9.80. The topological polar surface area (TPSA) is 32.8 Å². The lowest BCUT2D eigenvalue weighted by atomic mass is 9.98. The minimum Gasteiger partial charge on any atom is -0.456 e. The van der Waals surface area contributed by atoms with E-state index in [1.807, 2.05) is 12.1 Å². The molecule has 2 heterocycles. The van der Waals surface area contributed by atoms with Crippen molar-refractivity contribution in [1.82, 2.24) is 0 Å². The Morgan fingerprint density at radius 2 is 0.769 bits per heavy atom. The van der Waals surface area contributed by atoms with Gasteiger partial charge >= 0.3 is 0 Å². The number of hydrogen-bond donors (Lipinski definition) is 0. The van der Waals surface area contributed by atoms with Crippen molar-refractivity contribution in [3.05, 3.63) is 194 Å². The summed E-state index contributed by atoms with van der Waals surface area (Å²) in [5.41, 5.74) is 11.9. The normalized spacial score (nSPS) is 11.5. The summed E-state index contributed by atoms with van der Waals surface area (Å²) in [7, 11) is 0. The summed E-state index contributed by atoms with van der Waals surface area (Å²) in [6, 6.07) is 67.8. The summed E-state index contributed by atoms with van der Waals surface area (Å²) in [6.07, 6.45) is 0. The molecule has 4 heteroatoms. The minimum absolute atomic E-state index is 0. The largest absolute Gasteiger partial charge is 0.456 e. The summed E-state index contributed by atoms with van der Waals surface area (Å²) in [5, 5.41) is 4.26. The summed E-state index contributed by atoms with van der Waals surface area (Å²) in [6.45, 7) is 0. The van der Waals surface area contributed by atoms with Gasteiger partial charge in [0.05, 0.1) is 0 Å². The van der Waals surface area contributed by atoms with Gasteiger partial charge in [-0.1, -0.05) is 97.1 Å². The highest BCUT2D eigenvalue weighted by Gasteiger charge is 2.22. The number of nitrogens with zero attached hydrogens (tertiary/aromatic N) is 2. The fourth-order valence-corrected chi connectivity index (χ4v) is 7.43. The molecule has 4 nitrogen and oxygen atoms in total. The molecule has 0 aliphatic heterocycles. The molecule has 0 aliphatic rings. The highest BCUT2D eigenvalue weighted by Crippen LogP contribution is 2.46. The van der Waals surface area contributed by atoms with Gasteiger partial charge in [-0.2, -0.15) is 0 Å². The van der Waals surface area contributed by atoms with Gasteiger partial charge in [0.1, 0.15) is 22.3 Å². The first-order chi connectivity index (χ1) is 25.8. The Hall–Kier alpha value is -7.04. The van der Waals surface area contributed by atoms with Gasteiger partial charge in [-0.05, 0) is 103 Å². The first-order valence-electron chi connectivity index (χ1n) is 17.5. The van der Waals surface area contributed by atoms with Crippen LogP contribution >= 0.6 is 0 Å². The van der Waals surface area contributed by atoms with Gasteiger partial charge in [-0.25, -0.2) is 0 Å². The maximum Gasteiger partial charge on any atom is 0.143 e. The fraction of sp³-hybridized carbons (Fsp3) is 0. The summed E-state index contributed by atoms with van der Waals surface area (Å²) in [5.74, 6) is 0. The molecule has 2 aromatic heterocycles. The van der Waals surface area contributed by atoms with E-state index in [1.54, 1.807) is 0 Å². The van der Waals surface area contributed by atoms with Crippen molar-refractivity contribution in [2.75, 3.05) is 9.80 Å². The molecule has 0 radical (unpaired) electrons. The predicted octanol–water partition coefficient (Wildman–Crippen LogP) is 14.3. The number of benzene rings is 8. The minimum atomic E-state index is 0. The molecule has 0 fully saturated rings. The van der Waals surface area contributed by atoms with E-state index in [0.717, 1.165) is 89.1 Å². The zero-order valence-corrected chi connectivity index (χ0v) is 28.2. The second kappa shape index (κ2) is 12.4. The lowest BCUT2D eigenvalue weighted by molar-refractivity contribution is 0.668. The molecule has 10 aromatic rings. The Bertz CT molecular complexity index is 2770. The van der Waals surface area contributed by atoms with Crippen molar-refractivity contribution in [2.24, 2.45) is 0 Å². The van der Waals surface area contributed by atoms with E-state index in [9.17, 15) is 0 Å². The molecule has 0 atom stereocenters. The zero-order chi connectivity index (χ0) is 34.4. The molecule has 0 N–H and O–H groups in total. The van der Waals surface area contributed by atoms with Crippen molar-refractivity contribution < 1.29 is 10.3 Å². The van der Waals surface area contributed by atoms with Gasteiger partial charge in [0, 0.05) is 62.7 Å². The molecular weight excluding hydrogens is 637 g/mol. The third kappa shape index (κ3) is 5.09. The van der Waals surface area contributed by atoms with Crippen molar-refractivity contribution in [1.29, 1.82) is 0 Å². The average Bonchev–Trinajstić information content (AvgIpc) is 3.77. The van der Waals surface area contributed by atoms with Crippen LogP contribution in [0.25, 0.3) is 55.0 Å². The van der Waals surface area contributed by atoms with Gasteiger partial charge in [0.15, 0.2) is 0 Å². The lowest BCUT2D eigenvalue weighted by Crippen LogP contribution is -2.10. The van der Waals surface area contributed by atoms with Crippen LogP contribution in [0.15, 0.2) is 203 Å². The molecule has 52 heavy (non-hydrogen) atoms. The predicted molar refractivity (Wildman–Crippen MR) is 218 cm³/mol.